The van der Waals surface area contributed by atoms with Crippen LogP contribution >= 0.6 is 11.8 Å². The van der Waals surface area contributed by atoms with Crippen molar-refractivity contribution in [3.05, 3.63) is 35.4 Å². The van der Waals surface area contributed by atoms with Gasteiger partial charge in [0.15, 0.2) is 0 Å². The first-order valence-electron chi connectivity index (χ1n) is 8.26. The third kappa shape index (κ3) is 5.74. The highest BCUT2D eigenvalue weighted by atomic mass is 32.2. The van der Waals surface area contributed by atoms with Gasteiger partial charge in [-0.1, -0.05) is 24.3 Å². The van der Waals surface area contributed by atoms with Gasteiger partial charge in [0.05, 0.1) is 12.2 Å². The average Bonchev–Trinajstić information content (AvgIpc) is 3.07. The van der Waals surface area contributed by atoms with Crippen molar-refractivity contribution in [1.29, 1.82) is 0 Å². The summed E-state index contributed by atoms with van der Waals surface area (Å²) in [7, 11) is 3.03. The van der Waals surface area contributed by atoms with Gasteiger partial charge in [-0.25, -0.2) is 9.86 Å². The number of amides is 2. The number of carbonyl (C=O) groups is 2. The monoisotopic (exact) mass is 379 g/mol. The molecule has 1 aliphatic heterocycles. The molecular formula is C18H25N3O4S. The Kier molecular flexibility index (Phi) is 6.66. The molecule has 0 spiro atoms. The van der Waals surface area contributed by atoms with Crippen LogP contribution in [-0.2, 0) is 21.0 Å². The van der Waals surface area contributed by atoms with Gasteiger partial charge >= 0.3 is 6.09 Å². The van der Waals surface area contributed by atoms with Crippen LogP contribution in [0.2, 0.25) is 0 Å². The van der Waals surface area contributed by atoms with Gasteiger partial charge in [0.25, 0.3) is 5.91 Å². The minimum atomic E-state index is -0.444. The zero-order valence-electron chi connectivity index (χ0n) is 15.7. The van der Waals surface area contributed by atoms with E-state index < -0.39 is 12.1 Å². The number of rotatable bonds is 5. The number of hydroxylamine groups is 2. The van der Waals surface area contributed by atoms with E-state index in [1.165, 1.54) is 12.2 Å². The van der Waals surface area contributed by atoms with E-state index in [1.54, 1.807) is 18.8 Å². The van der Waals surface area contributed by atoms with Crippen molar-refractivity contribution in [3.8, 4) is 0 Å². The Morgan fingerprint density at radius 1 is 1.31 bits per heavy atom. The molecule has 0 saturated heterocycles. The molecule has 8 heteroatoms. The Hall–Kier alpha value is -2.06. The van der Waals surface area contributed by atoms with Gasteiger partial charge in [-0.2, -0.15) is 0 Å². The predicted octanol–water partition coefficient (Wildman–Crippen LogP) is 2.59. The normalized spacial score (nSPS) is 16.8. The van der Waals surface area contributed by atoms with E-state index in [-0.39, 0.29) is 18.1 Å². The molecule has 0 fully saturated rings. The maximum Gasteiger partial charge on any atom is 0.407 e. The van der Waals surface area contributed by atoms with Crippen LogP contribution in [0.25, 0.3) is 0 Å². The zero-order chi connectivity index (χ0) is 19.3. The highest BCUT2D eigenvalue weighted by Crippen LogP contribution is 2.24. The summed E-state index contributed by atoms with van der Waals surface area (Å²) in [6.07, 6.45) is -0.444. The highest BCUT2D eigenvalue weighted by molar-refractivity contribution is 8.14. The van der Waals surface area contributed by atoms with Gasteiger partial charge in [0.2, 0.25) is 0 Å². The lowest BCUT2D eigenvalue weighted by molar-refractivity contribution is -0.169. The maximum absolute atomic E-state index is 12.1. The minimum Gasteiger partial charge on any atom is -0.445 e. The molecule has 0 aromatic heterocycles. The van der Waals surface area contributed by atoms with Gasteiger partial charge in [0, 0.05) is 23.9 Å². The molecule has 26 heavy (non-hydrogen) atoms. The molecule has 7 nitrogen and oxygen atoms in total. The lowest BCUT2D eigenvalue weighted by Crippen LogP contribution is -2.40. The minimum absolute atomic E-state index is 0.162. The molecule has 1 N–H and O–H groups in total. The van der Waals surface area contributed by atoms with Crippen LogP contribution in [0.3, 0.4) is 0 Å². The van der Waals surface area contributed by atoms with E-state index in [4.69, 9.17) is 9.57 Å². The van der Waals surface area contributed by atoms with E-state index in [0.717, 1.165) is 16.2 Å². The summed E-state index contributed by atoms with van der Waals surface area (Å²) in [6, 6.07) is 7.18. The van der Waals surface area contributed by atoms with E-state index in [1.807, 2.05) is 45.0 Å². The van der Waals surface area contributed by atoms with Crippen molar-refractivity contribution in [2.24, 2.45) is 4.99 Å². The third-order valence-corrected chi connectivity index (χ3v) is 4.67. The highest BCUT2D eigenvalue weighted by Gasteiger charge is 2.28. The number of alkyl carbamates (subject to hydrolysis) is 1. The molecule has 0 radical (unpaired) electrons. The van der Waals surface area contributed by atoms with Crippen molar-refractivity contribution in [2.75, 3.05) is 19.9 Å². The third-order valence-electron chi connectivity index (χ3n) is 3.57. The second kappa shape index (κ2) is 8.55. The summed E-state index contributed by atoms with van der Waals surface area (Å²) >= 11 is 1.54. The summed E-state index contributed by atoms with van der Waals surface area (Å²) in [6.45, 7) is 5.88. The molecule has 1 heterocycles. The number of ether oxygens (including phenoxy) is 1. The van der Waals surface area contributed by atoms with Crippen LogP contribution in [0, 0.1) is 0 Å². The van der Waals surface area contributed by atoms with Gasteiger partial charge in [-0.05, 0) is 26.3 Å². The number of hydrogen-bond donors (Lipinski definition) is 1. The molecule has 1 aromatic rings. The number of nitrogens with one attached hydrogen (secondary N) is 1. The molecule has 1 unspecified atom stereocenters. The summed E-state index contributed by atoms with van der Waals surface area (Å²) < 4.78 is 5.21. The molecule has 0 aliphatic carbocycles. The lowest BCUT2D eigenvalue weighted by Gasteiger charge is -2.19. The van der Waals surface area contributed by atoms with Crippen LogP contribution < -0.4 is 5.32 Å². The first-order chi connectivity index (χ1) is 12.2. The number of carbonyl (C=O) groups excluding carboxylic acids is 2. The molecular weight excluding hydrogens is 354 g/mol. The molecule has 1 aliphatic rings. The number of hydrogen-bond acceptors (Lipinski definition) is 6. The van der Waals surface area contributed by atoms with Crippen LogP contribution in [0.1, 0.15) is 31.9 Å². The molecule has 0 saturated carbocycles. The summed E-state index contributed by atoms with van der Waals surface area (Å²) in [5, 5.41) is 4.77. The smallest absolute Gasteiger partial charge is 0.407 e. The van der Waals surface area contributed by atoms with Crippen LogP contribution in [0.15, 0.2) is 29.3 Å². The fourth-order valence-electron chi connectivity index (χ4n) is 2.19. The number of aliphatic imine (C=N–C) groups is 1. The standard InChI is InChI=1S/C18H25N3O4S/c1-18(2,3)20-17(23)25-10-12-6-8-13(9-7-12)15-19-14(11-26-15)16(22)21(4)24-5/h6-9,14H,10-11H2,1-5H3,(H,20,23). The molecule has 2 rings (SSSR count). The first-order valence-corrected chi connectivity index (χ1v) is 9.24. The largest absolute Gasteiger partial charge is 0.445 e. The van der Waals surface area contributed by atoms with Crippen molar-refractivity contribution >= 4 is 28.8 Å². The van der Waals surface area contributed by atoms with Crippen molar-refractivity contribution in [3.63, 3.8) is 0 Å². The number of nitrogens with zero attached hydrogens (tertiary/aromatic N) is 2. The van der Waals surface area contributed by atoms with Crippen LogP contribution in [0.4, 0.5) is 4.79 Å². The number of benzene rings is 1. The van der Waals surface area contributed by atoms with Crippen molar-refractivity contribution < 1.29 is 19.2 Å². The topological polar surface area (TPSA) is 80.2 Å². The fraction of sp³-hybridized carbons (Fsp3) is 0.500. The van der Waals surface area contributed by atoms with Gasteiger partial charge < -0.3 is 10.1 Å². The van der Waals surface area contributed by atoms with E-state index in [9.17, 15) is 9.59 Å². The van der Waals surface area contributed by atoms with Gasteiger partial charge in [0.1, 0.15) is 12.6 Å². The molecule has 0 bridgehead atoms. The molecule has 1 atom stereocenters. The molecule has 2 amide bonds. The second-order valence-electron chi connectivity index (χ2n) is 6.93. The maximum atomic E-state index is 12.1. The molecule has 1 aromatic carbocycles. The Bertz CT molecular complexity index is 683. The van der Waals surface area contributed by atoms with Crippen molar-refractivity contribution in [1.82, 2.24) is 10.4 Å². The summed E-state index contributed by atoms with van der Waals surface area (Å²) in [5.74, 6) is 0.435. The number of likely N-dealkylation sites (N-methyl/N-ethyl adjacent to an activating group) is 1. The van der Waals surface area contributed by atoms with E-state index in [0.29, 0.717) is 5.75 Å². The lowest BCUT2D eigenvalue weighted by atomic mass is 10.1. The van der Waals surface area contributed by atoms with E-state index in [2.05, 4.69) is 10.3 Å². The SMILES string of the molecule is CON(C)C(=O)C1CSC(c2ccc(COC(=O)NC(C)(C)C)cc2)=N1. The fourth-order valence-corrected chi connectivity index (χ4v) is 3.23. The number of thioether (sulfide) groups is 1. The van der Waals surface area contributed by atoms with Crippen LogP contribution in [0.5, 0.6) is 0 Å². The zero-order valence-corrected chi connectivity index (χ0v) is 16.6. The summed E-state index contributed by atoms with van der Waals surface area (Å²) in [5.41, 5.74) is 1.49. The average molecular weight is 379 g/mol. The Morgan fingerprint density at radius 3 is 2.54 bits per heavy atom. The van der Waals surface area contributed by atoms with Gasteiger partial charge in [-0.15, -0.1) is 11.8 Å². The van der Waals surface area contributed by atoms with Gasteiger partial charge in [-0.3, -0.25) is 14.6 Å². The molecule has 142 valence electrons. The van der Waals surface area contributed by atoms with Crippen LogP contribution in [-0.4, -0.2) is 53.6 Å². The Labute approximate surface area is 158 Å². The Morgan fingerprint density at radius 2 is 1.96 bits per heavy atom. The quantitative estimate of drug-likeness (QED) is 0.796. The second-order valence-corrected chi connectivity index (χ2v) is 7.94. The van der Waals surface area contributed by atoms with Crippen molar-refractivity contribution in [2.45, 2.75) is 39.0 Å². The Balaban J connectivity index is 1.93. The first kappa shape index (κ1) is 20.3. The predicted molar refractivity (Wildman–Crippen MR) is 102 cm³/mol. The van der Waals surface area contributed by atoms with E-state index >= 15 is 0 Å². The summed E-state index contributed by atoms with van der Waals surface area (Å²) in [4.78, 5) is 33.2.